The summed E-state index contributed by atoms with van der Waals surface area (Å²) in [6, 6.07) is 15.2. The van der Waals surface area contributed by atoms with Gasteiger partial charge in [-0.25, -0.2) is 17.5 Å². The first kappa shape index (κ1) is 19.7. The molecule has 0 saturated heterocycles. The highest BCUT2D eigenvalue weighted by Crippen LogP contribution is 2.13. The second kappa shape index (κ2) is 8.73. The van der Waals surface area contributed by atoms with Crippen LogP contribution in [-0.2, 0) is 23.1 Å². The van der Waals surface area contributed by atoms with Crippen LogP contribution in [0.2, 0.25) is 0 Å². The van der Waals surface area contributed by atoms with Crippen LogP contribution in [0.3, 0.4) is 0 Å². The smallest absolute Gasteiger partial charge is 0.251 e. The number of carbonyl (C=O) groups excluding carboxylic acids is 1. The topological polar surface area (TPSA) is 88.2 Å². The summed E-state index contributed by atoms with van der Waals surface area (Å²) >= 11 is 0. The van der Waals surface area contributed by atoms with Gasteiger partial charge in [0.25, 0.3) is 5.91 Å². The highest BCUT2D eigenvalue weighted by Gasteiger charge is 2.16. The quantitative estimate of drug-likeness (QED) is 0.639. The van der Waals surface area contributed by atoms with E-state index in [1.165, 1.54) is 30.3 Å². The van der Waals surface area contributed by atoms with E-state index in [0.717, 1.165) is 5.56 Å². The van der Waals surface area contributed by atoms with E-state index in [0.29, 0.717) is 5.56 Å². The maximum atomic E-state index is 13.6. The van der Waals surface area contributed by atoms with Gasteiger partial charge in [0.2, 0.25) is 10.0 Å². The van der Waals surface area contributed by atoms with Gasteiger partial charge in [0.15, 0.2) is 0 Å². The average molecular weight is 399 g/mol. The Balaban J connectivity index is 1.68. The molecule has 0 atom stereocenters. The summed E-state index contributed by atoms with van der Waals surface area (Å²) in [5.74, 6) is -0.908. The molecule has 0 unspecified atom stereocenters. The van der Waals surface area contributed by atoms with Gasteiger partial charge >= 0.3 is 0 Å². The highest BCUT2D eigenvalue weighted by atomic mass is 32.2. The van der Waals surface area contributed by atoms with Gasteiger partial charge in [-0.2, -0.15) is 0 Å². The Morgan fingerprint density at radius 2 is 1.71 bits per heavy atom. The number of rotatable bonds is 7. The number of hydrogen-bond acceptors (Lipinski definition) is 4. The molecule has 2 aromatic carbocycles. The number of hydrogen-bond donors (Lipinski definition) is 2. The van der Waals surface area contributed by atoms with Crippen LogP contribution in [-0.4, -0.2) is 19.3 Å². The third-order valence-corrected chi connectivity index (χ3v) is 5.42. The molecule has 0 aliphatic rings. The van der Waals surface area contributed by atoms with Gasteiger partial charge in [0.1, 0.15) is 5.82 Å². The number of pyridine rings is 1. The van der Waals surface area contributed by atoms with Gasteiger partial charge in [-0.3, -0.25) is 9.78 Å². The van der Waals surface area contributed by atoms with E-state index >= 15 is 0 Å². The minimum absolute atomic E-state index is 0.00275. The molecule has 8 heteroatoms. The zero-order chi connectivity index (χ0) is 20.0. The van der Waals surface area contributed by atoms with Crippen LogP contribution in [0, 0.1) is 5.82 Å². The zero-order valence-corrected chi connectivity index (χ0v) is 15.6. The molecule has 6 nitrogen and oxygen atoms in total. The lowest BCUT2D eigenvalue weighted by Gasteiger charge is -2.09. The van der Waals surface area contributed by atoms with E-state index in [1.807, 2.05) is 0 Å². The largest absolute Gasteiger partial charge is 0.348 e. The van der Waals surface area contributed by atoms with Crippen molar-refractivity contribution in [3.63, 3.8) is 0 Å². The molecule has 0 aliphatic heterocycles. The van der Waals surface area contributed by atoms with Crippen LogP contribution in [0.4, 0.5) is 4.39 Å². The number of aromatic nitrogens is 1. The maximum Gasteiger partial charge on any atom is 0.251 e. The Kier molecular flexibility index (Phi) is 6.13. The molecule has 1 aromatic heterocycles. The zero-order valence-electron chi connectivity index (χ0n) is 14.8. The summed E-state index contributed by atoms with van der Waals surface area (Å²) in [5.41, 5.74) is 1.28. The summed E-state index contributed by atoms with van der Waals surface area (Å²) in [5, 5.41) is 2.59. The van der Waals surface area contributed by atoms with Crippen LogP contribution in [0.25, 0.3) is 0 Å². The highest BCUT2D eigenvalue weighted by molar-refractivity contribution is 7.89. The molecule has 144 valence electrons. The van der Waals surface area contributed by atoms with Crippen molar-refractivity contribution in [3.8, 4) is 0 Å². The van der Waals surface area contributed by atoms with Gasteiger partial charge < -0.3 is 5.32 Å². The molecule has 0 spiro atoms. The van der Waals surface area contributed by atoms with E-state index in [1.54, 1.807) is 42.7 Å². The number of nitrogens with zero attached hydrogens (tertiary/aromatic N) is 1. The molecule has 0 fully saturated rings. The Labute approximate surface area is 162 Å². The first-order valence-corrected chi connectivity index (χ1v) is 9.94. The predicted molar refractivity (Wildman–Crippen MR) is 102 cm³/mol. The fourth-order valence-electron chi connectivity index (χ4n) is 2.49. The monoisotopic (exact) mass is 399 g/mol. The first-order valence-electron chi connectivity index (χ1n) is 8.46. The second-order valence-corrected chi connectivity index (χ2v) is 7.75. The van der Waals surface area contributed by atoms with Gasteiger partial charge in [-0.05, 0) is 42.0 Å². The Bertz CT molecular complexity index is 1070. The fraction of sp³-hybridized carbons (Fsp3) is 0.100. The van der Waals surface area contributed by atoms with E-state index in [2.05, 4.69) is 15.0 Å². The number of benzene rings is 2. The van der Waals surface area contributed by atoms with Crippen LogP contribution >= 0.6 is 0 Å². The van der Waals surface area contributed by atoms with E-state index in [-0.39, 0.29) is 23.5 Å². The maximum absolute atomic E-state index is 13.6. The molecule has 3 rings (SSSR count). The molecule has 3 aromatic rings. The van der Waals surface area contributed by atoms with Crippen molar-refractivity contribution < 1.29 is 17.6 Å². The number of amides is 1. The fourth-order valence-corrected chi connectivity index (χ4v) is 3.55. The Hall–Kier alpha value is -3.10. The molecule has 2 N–H and O–H groups in total. The minimum Gasteiger partial charge on any atom is -0.348 e. The minimum atomic E-state index is -3.80. The van der Waals surface area contributed by atoms with Gasteiger partial charge in [0.05, 0.1) is 4.90 Å². The number of nitrogens with one attached hydrogen (secondary N) is 2. The molecule has 0 aliphatic carbocycles. The lowest BCUT2D eigenvalue weighted by molar-refractivity contribution is 0.0950. The number of carbonyl (C=O) groups is 1. The molecular formula is C20H18FN3O3S. The molecule has 0 bridgehead atoms. The van der Waals surface area contributed by atoms with Crippen molar-refractivity contribution in [2.45, 2.75) is 18.0 Å². The Morgan fingerprint density at radius 3 is 2.46 bits per heavy atom. The Morgan fingerprint density at radius 1 is 0.964 bits per heavy atom. The summed E-state index contributed by atoms with van der Waals surface area (Å²) in [7, 11) is -3.80. The van der Waals surface area contributed by atoms with Crippen LogP contribution in [0.5, 0.6) is 0 Å². The van der Waals surface area contributed by atoms with E-state index in [4.69, 9.17) is 0 Å². The van der Waals surface area contributed by atoms with Crippen molar-refractivity contribution in [2.75, 3.05) is 0 Å². The predicted octanol–water partition coefficient (Wildman–Crippen LogP) is 2.63. The molecule has 0 radical (unpaired) electrons. The molecular weight excluding hydrogens is 381 g/mol. The van der Waals surface area contributed by atoms with Crippen molar-refractivity contribution in [1.82, 2.24) is 15.0 Å². The van der Waals surface area contributed by atoms with Gasteiger partial charge in [-0.15, -0.1) is 0 Å². The lowest BCUT2D eigenvalue weighted by atomic mass is 10.2. The molecule has 1 amide bonds. The van der Waals surface area contributed by atoms with Gasteiger partial charge in [0, 0.05) is 36.6 Å². The summed E-state index contributed by atoms with van der Waals surface area (Å²) in [6.07, 6.45) is 3.15. The van der Waals surface area contributed by atoms with Crippen molar-refractivity contribution in [1.29, 1.82) is 0 Å². The van der Waals surface area contributed by atoms with Crippen LogP contribution in [0.1, 0.15) is 21.5 Å². The SMILES string of the molecule is O=C(NCc1ccccc1F)c1cccc(S(=O)(=O)NCc2ccncc2)c1. The van der Waals surface area contributed by atoms with Crippen LogP contribution < -0.4 is 10.0 Å². The van der Waals surface area contributed by atoms with Crippen molar-refractivity contribution in [2.24, 2.45) is 0 Å². The lowest BCUT2D eigenvalue weighted by Crippen LogP contribution is -2.25. The molecule has 0 saturated carbocycles. The standard InChI is InChI=1S/C20H18FN3O3S/c21-19-7-2-1-4-17(19)14-23-20(25)16-5-3-6-18(12-16)28(26,27)24-13-15-8-10-22-11-9-15/h1-12,24H,13-14H2,(H,23,25). The van der Waals surface area contributed by atoms with Crippen molar-refractivity contribution in [3.05, 3.63) is 95.6 Å². The second-order valence-electron chi connectivity index (χ2n) is 5.98. The normalized spacial score (nSPS) is 11.2. The van der Waals surface area contributed by atoms with Gasteiger partial charge in [-0.1, -0.05) is 24.3 Å². The number of sulfonamides is 1. The summed E-state index contributed by atoms with van der Waals surface area (Å²) in [4.78, 5) is 16.2. The third kappa shape index (κ3) is 4.99. The molecule has 28 heavy (non-hydrogen) atoms. The third-order valence-electron chi connectivity index (χ3n) is 4.02. The average Bonchev–Trinajstić information content (AvgIpc) is 2.72. The summed E-state index contributed by atoms with van der Waals surface area (Å²) < 4.78 is 41.1. The van der Waals surface area contributed by atoms with E-state index < -0.39 is 21.7 Å². The first-order chi connectivity index (χ1) is 13.5. The summed E-state index contributed by atoms with van der Waals surface area (Å²) in [6.45, 7) is 0.108. The van der Waals surface area contributed by atoms with Crippen LogP contribution in [0.15, 0.2) is 78.0 Å². The number of halogens is 1. The van der Waals surface area contributed by atoms with Crippen molar-refractivity contribution >= 4 is 15.9 Å². The van der Waals surface area contributed by atoms with E-state index in [9.17, 15) is 17.6 Å². The molecule has 1 heterocycles.